The molecule has 0 aliphatic carbocycles. The van der Waals surface area contributed by atoms with Crippen LogP contribution in [-0.4, -0.2) is 41.1 Å². The largest absolute Gasteiger partial charge is 0.480 e. The molecular formula is C16H22N2O3. The van der Waals surface area contributed by atoms with Gasteiger partial charge in [0.15, 0.2) is 0 Å². The molecule has 0 aromatic heterocycles. The van der Waals surface area contributed by atoms with Crippen LogP contribution in [-0.2, 0) is 11.2 Å². The first-order chi connectivity index (χ1) is 10.2. The first-order valence-corrected chi connectivity index (χ1v) is 7.49. The Bertz CT molecular complexity index is 468. The van der Waals surface area contributed by atoms with Gasteiger partial charge in [0.25, 0.3) is 0 Å². The molecule has 1 fully saturated rings. The SMILES string of the molecule is O=C(O)C(Cc1ccccc1)NC(=O)N1CCCCCC1. The molecule has 0 saturated carbocycles. The van der Waals surface area contributed by atoms with E-state index in [2.05, 4.69) is 5.32 Å². The van der Waals surface area contributed by atoms with E-state index < -0.39 is 12.0 Å². The van der Waals surface area contributed by atoms with Crippen LogP contribution in [0.3, 0.4) is 0 Å². The zero-order chi connectivity index (χ0) is 15.1. The van der Waals surface area contributed by atoms with Crippen molar-refractivity contribution in [2.45, 2.75) is 38.1 Å². The lowest BCUT2D eigenvalue weighted by Crippen LogP contribution is -2.49. The van der Waals surface area contributed by atoms with Crippen LogP contribution in [0.2, 0.25) is 0 Å². The van der Waals surface area contributed by atoms with E-state index in [0.29, 0.717) is 19.5 Å². The Morgan fingerprint density at radius 1 is 1.10 bits per heavy atom. The maximum atomic E-state index is 12.2. The Morgan fingerprint density at radius 3 is 2.29 bits per heavy atom. The van der Waals surface area contributed by atoms with E-state index in [0.717, 1.165) is 31.2 Å². The second kappa shape index (κ2) is 7.67. The molecule has 0 radical (unpaired) electrons. The minimum atomic E-state index is -0.998. The van der Waals surface area contributed by atoms with Crippen molar-refractivity contribution in [1.82, 2.24) is 10.2 Å². The number of carboxylic acid groups (broad SMARTS) is 1. The van der Waals surface area contributed by atoms with Crippen LogP contribution in [0.4, 0.5) is 4.79 Å². The lowest BCUT2D eigenvalue weighted by atomic mass is 10.1. The van der Waals surface area contributed by atoms with Gasteiger partial charge in [0.2, 0.25) is 0 Å². The number of nitrogens with zero attached hydrogens (tertiary/aromatic N) is 1. The molecule has 2 N–H and O–H groups in total. The summed E-state index contributed by atoms with van der Waals surface area (Å²) in [5.74, 6) is -0.998. The number of rotatable bonds is 4. The van der Waals surface area contributed by atoms with E-state index >= 15 is 0 Å². The highest BCUT2D eigenvalue weighted by molar-refractivity contribution is 5.82. The van der Waals surface area contributed by atoms with Crippen molar-refractivity contribution >= 4 is 12.0 Å². The highest BCUT2D eigenvalue weighted by Gasteiger charge is 2.23. The van der Waals surface area contributed by atoms with Gasteiger partial charge in [0.05, 0.1) is 0 Å². The smallest absolute Gasteiger partial charge is 0.326 e. The van der Waals surface area contributed by atoms with Gasteiger partial charge in [-0.2, -0.15) is 0 Å². The minimum absolute atomic E-state index is 0.264. The highest BCUT2D eigenvalue weighted by Crippen LogP contribution is 2.10. The fourth-order valence-electron chi connectivity index (χ4n) is 2.56. The van der Waals surface area contributed by atoms with Crippen LogP contribution < -0.4 is 5.32 Å². The maximum absolute atomic E-state index is 12.2. The number of hydrogen-bond acceptors (Lipinski definition) is 2. The summed E-state index contributed by atoms with van der Waals surface area (Å²) in [6, 6.07) is 8.20. The van der Waals surface area contributed by atoms with Crippen molar-refractivity contribution in [2.75, 3.05) is 13.1 Å². The second-order valence-electron chi connectivity index (χ2n) is 5.43. The Balaban J connectivity index is 1.95. The number of aliphatic carboxylic acids is 1. The first kappa shape index (κ1) is 15.4. The monoisotopic (exact) mass is 290 g/mol. The lowest BCUT2D eigenvalue weighted by molar-refractivity contribution is -0.139. The van der Waals surface area contributed by atoms with Crippen molar-refractivity contribution in [3.63, 3.8) is 0 Å². The summed E-state index contributed by atoms with van der Waals surface area (Å²) in [5, 5.41) is 12.0. The molecule has 1 unspecified atom stereocenters. The molecule has 5 nitrogen and oxygen atoms in total. The van der Waals surface area contributed by atoms with Crippen molar-refractivity contribution in [1.29, 1.82) is 0 Å². The van der Waals surface area contributed by atoms with Gasteiger partial charge in [-0.3, -0.25) is 0 Å². The molecule has 1 atom stereocenters. The second-order valence-corrected chi connectivity index (χ2v) is 5.43. The van der Waals surface area contributed by atoms with Gasteiger partial charge in [-0.05, 0) is 18.4 Å². The fourth-order valence-corrected chi connectivity index (χ4v) is 2.56. The van der Waals surface area contributed by atoms with E-state index in [-0.39, 0.29) is 6.03 Å². The van der Waals surface area contributed by atoms with Gasteiger partial charge < -0.3 is 15.3 Å². The van der Waals surface area contributed by atoms with E-state index in [1.807, 2.05) is 30.3 Å². The summed E-state index contributed by atoms with van der Waals surface area (Å²) in [5.41, 5.74) is 0.904. The fraction of sp³-hybridized carbons (Fsp3) is 0.500. The summed E-state index contributed by atoms with van der Waals surface area (Å²) in [6.45, 7) is 1.42. The van der Waals surface area contributed by atoms with Crippen molar-refractivity contribution < 1.29 is 14.7 Å². The van der Waals surface area contributed by atoms with E-state index in [1.165, 1.54) is 0 Å². The van der Waals surface area contributed by atoms with Crippen LogP contribution in [0, 0.1) is 0 Å². The number of likely N-dealkylation sites (tertiary alicyclic amines) is 1. The van der Waals surface area contributed by atoms with Gasteiger partial charge in [0, 0.05) is 19.5 Å². The number of nitrogens with one attached hydrogen (secondary N) is 1. The molecule has 1 saturated heterocycles. The number of amides is 2. The van der Waals surface area contributed by atoms with Gasteiger partial charge >= 0.3 is 12.0 Å². The van der Waals surface area contributed by atoms with Crippen molar-refractivity contribution in [3.05, 3.63) is 35.9 Å². The number of carbonyl (C=O) groups excluding carboxylic acids is 1. The number of urea groups is 1. The van der Waals surface area contributed by atoms with Crippen LogP contribution in [0.15, 0.2) is 30.3 Å². The summed E-state index contributed by atoms with van der Waals surface area (Å²) >= 11 is 0. The van der Waals surface area contributed by atoms with Gasteiger partial charge in [-0.25, -0.2) is 9.59 Å². The third-order valence-electron chi connectivity index (χ3n) is 3.77. The third kappa shape index (κ3) is 4.77. The number of carboxylic acids is 1. The lowest BCUT2D eigenvalue weighted by Gasteiger charge is -2.23. The van der Waals surface area contributed by atoms with Crippen LogP contribution in [0.5, 0.6) is 0 Å². The van der Waals surface area contributed by atoms with Gasteiger partial charge in [-0.1, -0.05) is 43.2 Å². The van der Waals surface area contributed by atoms with E-state index in [4.69, 9.17) is 0 Å². The van der Waals surface area contributed by atoms with Gasteiger partial charge in [-0.15, -0.1) is 0 Å². The minimum Gasteiger partial charge on any atom is -0.480 e. The molecule has 0 spiro atoms. The Labute approximate surface area is 125 Å². The number of carbonyl (C=O) groups is 2. The quantitative estimate of drug-likeness (QED) is 0.893. The van der Waals surface area contributed by atoms with Crippen LogP contribution in [0.25, 0.3) is 0 Å². The van der Waals surface area contributed by atoms with Crippen LogP contribution in [0.1, 0.15) is 31.2 Å². The van der Waals surface area contributed by atoms with E-state index in [9.17, 15) is 14.7 Å². The molecule has 1 aromatic rings. The molecule has 114 valence electrons. The Kier molecular flexibility index (Phi) is 5.60. The van der Waals surface area contributed by atoms with Crippen molar-refractivity contribution in [2.24, 2.45) is 0 Å². The topological polar surface area (TPSA) is 69.6 Å². The maximum Gasteiger partial charge on any atom is 0.326 e. The highest BCUT2D eigenvalue weighted by atomic mass is 16.4. The number of benzene rings is 1. The summed E-state index contributed by atoms with van der Waals surface area (Å²) < 4.78 is 0. The molecule has 21 heavy (non-hydrogen) atoms. The molecule has 1 aliphatic rings. The van der Waals surface area contributed by atoms with Crippen molar-refractivity contribution in [3.8, 4) is 0 Å². The predicted molar refractivity (Wildman–Crippen MR) is 80.1 cm³/mol. The molecule has 1 heterocycles. The Hall–Kier alpha value is -2.04. The molecule has 1 aliphatic heterocycles. The number of hydrogen-bond donors (Lipinski definition) is 2. The Morgan fingerprint density at radius 2 is 1.71 bits per heavy atom. The summed E-state index contributed by atoms with van der Waals surface area (Å²) in [6.07, 6.45) is 4.55. The third-order valence-corrected chi connectivity index (χ3v) is 3.77. The zero-order valence-electron chi connectivity index (χ0n) is 12.1. The standard InChI is InChI=1S/C16H22N2O3/c19-15(20)14(12-13-8-4-3-5-9-13)17-16(21)18-10-6-1-2-7-11-18/h3-5,8-9,14H,1-2,6-7,10-12H2,(H,17,21)(H,19,20). The molecule has 1 aromatic carbocycles. The van der Waals surface area contributed by atoms with Crippen LogP contribution >= 0.6 is 0 Å². The molecule has 0 bridgehead atoms. The molecule has 5 heteroatoms. The average molecular weight is 290 g/mol. The molecule has 2 amide bonds. The summed E-state index contributed by atoms with van der Waals surface area (Å²) in [7, 11) is 0. The molecule has 2 rings (SSSR count). The predicted octanol–water partition coefficient (Wildman–Crippen LogP) is 2.27. The van der Waals surface area contributed by atoms with E-state index in [1.54, 1.807) is 4.90 Å². The average Bonchev–Trinajstić information content (AvgIpc) is 2.76. The normalized spacial score (nSPS) is 16.9. The zero-order valence-corrected chi connectivity index (χ0v) is 12.1. The first-order valence-electron chi connectivity index (χ1n) is 7.49. The summed E-state index contributed by atoms with van der Waals surface area (Å²) in [4.78, 5) is 25.3. The molecular weight excluding hydrogens is 268 g/mol. The van der Waals surface area contributed by atoms with Gasteiger partial charge in [0.1, 0.15) is 6.04 Å².